The number of thiazole rings is 1. The zero-order valence-electron chi connectivity index (χ0n) is 13.6. The van der Waals surface area contributed by atoms with Crippen LogP contribution in [0.15, 0.2) is 36.1 Å². The number of rotatable bonds is 3. The van der Waals surface area contributed by atoms with Crippen LogP contribution in [0.5, 0.6) is 0 Å². The van der Waals surface area contributed by atoms with Gasteiger partial charge in [0.25, 0.3) is 0 Å². The minimum absolute atomic E-state index is 0.315. The van der Waals surface area contributed by atoms with E-state index in [0.717, 1.165) is 39.9 Å². The second-order valence-corrected chi connectivity index (χ2v) is 7.93. The Balaban J connectivity index is 1.56. The fourth-order valence-electron chi connectivity index (χ4n) is 3.06. The highest BCUT2D eigenvalue weighted by atomic mass is 32.1. The van der Waals surface area contributed by atoms with E-state index >= 15 is 0 Å². The van der Waals surface area contributed by atoms with Crippen molar-refractivity contribution in [3.8, 4) is 0 Å². The number of benzene rings is 1. The van der Waals surface area contributed by atoms with E-state index < -0.39 is 0 Å². The van der Waals surface area contributed by atoms with Gasteiger partial charge >= 0.3 is 0 Å². The Morgan fingerprint density at radius 1 is 1.15 bits per heavy atom. The number of thiophene rings is 1. The van der Waals surface area contributed by atoms with Crippen LogP contribution in [0, 0.1) is 5.82 Å². The van der Waals surface area contributed by atoms with Gasteiger partial charge in [0.05, 0.1) is 26.8 Å². The summed E-state index contributed by atoms with van der Waals surface area (Å²) in [5.74, 6) is 0.297. The number of nitrogens with zero attached hydrogens (tertiary/aromatic N) is 3. The van der Waals surface area contributed by atoms with Gasteiger partial charge in [0.2, 0.25) is 0 Å². The van der Waals surface area contributed by atoms with Gasteiger partial charge < -0.3 is 10.6 Å². The summed E-state index contributed by atoms with van der Waals surface area (Å²) in [5, 5.41) is 7.36. The molecule has 0 spiro atoms. The molecule has 2 N–H and O–H groups in total. The maximum absolute atomic E-state index is 14.4. The second kappa shape index (κ2) is 6.39. The molecule has 0 saturated heterocycles. The number of anilines is 2. The average Bonchev–Trinajstić information content (AvgIpc) is 3.29. The van der Waals surface area contributed by atoms with Crippen molar-refractivity contribution in [3.63, 3.8) is 0 Å². The van der Waals surface area contributed by atoms with E-state index in [1.54, 1.807) is 22.9 Å². The Bertz CT molecular complexity index is 1150. The summed E-state index contributed by atoms with van der Waals surface area (Å²) in [6.07, 6.45) is 4.73. The molecule has 5 nitrogen and oxygen atoms in total. The molecule has 130 valence electrons. The van der Waals surface area contributed by atoms with Gasteiger partial charge in [-0.15, -0.1) is 22.7 Å². The van der Waals surface area contributed by atoms with Gasteiger partial charge in [0.15, 0.2) is 0 Å². The Labute approximate surface area is 156 Å². The van der Waals surface area contributed by atoms with E-state index in [9.17, 15) is 4.39 Å². The summed E-state index contributed by atoms with van der Waals surface area (Å²) in [6.45, 7) is 1.87. The van der Waals surface area contributed by atoms with Gasteiger partial charge in [-0.05, 0) is 36.7 Å². The van der Waals surface area contributed by atoms with Crippen LogP contribution in [-0.2, 0) is 0 Å². The molecular formula is C18H14FN5S2. The fourth-order valence-corrected chi connectivity index (χ4v) is 4.81. The molecule has 1 aromatic carbocycles. The van der Waals surface area contributed by atoms with Gasteiger partial charge in [-0.1, -0.05) is 6.08 Å². The Kier molecular flexibility index (Phi) is 3.88. The fraction of sp³-hybridized carbons (Fsp3) is 0.167. The lowest BCUT2D eigenvalue weighted by atomic mass is 10.1. The number of hydrogen-bond acceptors (Lipinski definition) is 7. The van der Waals surface area contributed by atoms with E-state index in [0.29, 0.717) is 11.5 Å². The van der Waals surface area contributed by atoms with Crippen molar-refractivity contribution < 1.29 is 4.39 Å². The summed E-state index contributed by atoms with van der Waals surface area (Å²) < 4.78 is 15.3. The third-order valence-electron chi connectivity index (χ3n) is 4.38. The molecule has 8 heteroatoms. The molecular weight excluding hydrogens is 369 g/mol. The highest BCUT2D eigenvalue weighted by Gasteiger charge is 2.15. The molecule has 0 aliphatic carbocycles. The van der Waals surface area contributed by atoms with Crippen molar-refractivity contribution in [3.05, 3.63) is 46.8 Å². The molecule has 4 heterocycles. The van der Waals surface area contributed by atoms with Gasteiger partial charge in [-0.25, -0.2) is 19.3 Å². The molecule has 0 unspecified atom stereocenters. The topological polar surface area (TPSA) is 62.7 Å². The zero-order valence-corrected chi connectivity index (χ0v) is 15.3. The first kappa shape index (κ1) is 15.8. The maximum atomic E-state index is 14.4. The van der Waals surface area contributed by atoms with Crippen LogP contribution in [0.3, 0.4) is 0 Å². The molecule has 0 amide bonds. The number of nitrogens with one attached hydrogen (secondary N) is 2. The summed E-state index contributed by atoms with van der Waals surface area (Å²) in [7, 11) is 0. The smallest absolute Gasteiger partial charge is 0.148 e. The van der Waals surface area contributed by atoms with Gasteiger partial charge in [0.1, 0.15) is 22.8 Å². The molecule has 26 heavy (non-hydrogen) atoms. The van der Waals surface area contributed by atoms with Gasteiger partial charge in [0, 0.05) is 11.4 Å². The SMILES string of the molecule is Fc1cc2scnc2cc1Nc1ncnc2sc(C3=CCNCC3)cc12. The number of halogens is 1. The Morgan fingerprint density at radius 3 is 3.00 bits per heavy atom. The first-order valence-corrected chi connectivity index (χ1v) is 9.92. The van der Waals surface area contributed by atoms with Crippen molar-refractivity contribution in [1.82, 2.24) is 20.3 Å². The largest absolute Gasteiger partial charge is 0.337 e. The highest BCUT2D eigenvalue weighted by molar-refractivity contribution is 7.19. The maximum Gasteiger partial charge on any atom is 0.148 e. The predicted octanol–water partition coefficient (Wildman–Crippen LogP) is 4.56. The summed E-state index contributed by atoms with van der Waals surface area (Å²) in [4.78, 5) is 15.1. The van der Waals surface area contributed by atoms with Crippen LogP contribution < -0.4 is 10.6 Å². The van der Waals surface area contributed by atoms with Gasteiger partial charge in [-0.3, -0.25) is 0 Å². The van der Waals surface area contributed by atoms with Crippen LogP contribution in [0.2, 0.25) is 0 Å². The molecule has 4 aromatic rings. The minimum atomic E-state index is -0.315. The van der Waals surface area contributed by atoms with E-state index in [1.807, 2.05) is 0 Å². The molecule has 0 fully saturated rings. The zero-order chi connectivity index (χ0) is 17.5. The molecule has 0 bridgehead atoms. The van der Waals surface area contributed by atoms with Crippen molar-refractivity contribution >= 4 is 60.2 Å². The molecule has 5 rings (SSSR count). The van der Waals surface area contributed by atoms with Gasteiger partial charge in [-0.2, -0.15) is 0 Å². The van der Waals surface area contributed by atoms with E-state index in [2.05, 4.69) is 37.7 Å². The van der Waals surface area contributed by atoms with Crippen LogP contribution in [0.4, 0.5) is 15.9 Å². The van der Waals surface area contributed by atoms with Crippen molar-refractivity contribution in [1.29, 1.82) is 0 Å². The lowest BCUT2D eigenvalue weighted by Gasteiger charge is -2.11. The van der Waals surface area contributed by atoms with Crippen LogP contribution in [0.1, 0.15) is 11.3 Å². The number of aromatic nitrogens is 3. The van der Waals surface area contributed by atoms with Crippen LogP contribution in [0.25, 0.3) is 26.0 Å². The standard InChI is InChI=1S/C18H14FN5S2/c19-12-6-16-14(23-9-25-16)7-13(12)24-17-11-5-15(10-1-3-20-4-2-10)26-18(11)22-8-21-17/h1,5-9,20H,2-4H2,(H,21,22,24). The predicted molar refractivity (Wildman–Crippen MR) is 106 cm³/mol. The van der Waals surface area contributed by atoms with E-state index in [-0.39, 0.29) is 5.82 Å². The lowest BCUT2D eigenvalue weighted by Crippen LogP contribution is -2.19. The van der Waals surface area contributed by atoms with Crippen molar-refractivity contribution in [2.75, 3.05) is 18.4 Å². The Morgan fingerprint density at radius 2 is 2.12 bits per heavy atom. The normalized spacial score (nSPS) is 14.7. The molecule has 3 aromatic heterocycles. The quantitative estimate of drug-likeness (QED) is 0.543. The molecule has 1 aliphatic heterocycles. The molecule has 0 saturated carbocycles. The van der Waals surface area contributed by atoms with Crippen molar-refractivity contribution in [2.24, 2.45) is 0 Å². The average molecular weight is 383 g/mol. The Hall–Kier alpha value is -2.42. The molecule has 0 radical (unpaired) electrons. The minimum Gasteiger partial charge on any atom is -0.337 e. The first-order chi connectivity index (χ1) is 12.8. The second-order valence-electron chi connectivity index (χ2n) is 6.01. The summed E-state index contributed by atoms with van der Waals surface area (Å²) in [5.41, 5.74) is 4.19. The number of hydrogen-bond donors (Lipinski definition) is 2. The van der Waals surface area contributed by atoms with Crippen LogP contribution >= 0.6 is 22.7 Å². The summed E-state index contributed by atoms with van der Waals surface area (Å²) in [6, 6.07) is 5.32. The van der Waals surface area contributed by atoms with E-state index in [1.165, 1.54) is 34.2 Å². The lowest BCUT2D eigenvalue weighted by molar-refractivity contribution is 0.634. The first-order valence-electron chi connectivity index (χ1n) is 8.22. The molecule has 0 atom stereocenters. The van der Waals surface area contributed by atoms with Crippen LogP contribution in [-0.4, -0.2) is 28.0 Å². The van der Waals surface area contributed by atoms with Crippen molar-refractivity contribution in [2.45, 2.75) is 6.42 Å². The number of fused-ring (bicyclic) bond motifs is 2. The van der Waals surface area contributed by atoms with E-state index in [4.69, 9.17) is 0 Å². The highest BCUT2D eigenvalue weighted by Crippen LogP contribution is 2.35. The molecule has 1 aliphatic rings. The third-order valence-corrected chi connectivity index (χ3v) is 6.29. The summed E-state index contributed by atoms with van der Waals surface area (Å²) >= 11 is 3.07. The third kappa shape index (κ3) is 2.76. The monoisotopic (exact) mass is 383 g/mol.